The summed E-state index contributed by atoms with van der Waals surface area (Å²) in [4.78, 5) is 51.1. The Balaban J connectivity index is 1.84. The summed E-state index contributed by atoms with van der Waals surface area (Å²) in [5, 5.41) is 10.3. The number of allylic oxidation sites excluding steroid dienone is 4. The lowest BCUT2D eigenvalue weighted by Gasteiger charge is -2.65. The fourth-order valence-electron chi connectivity index (χ4n) is 8.92. The molecule has 6 heteroatoms. The summed E-state index contributed by atoms with van der Waals surface area (Å²) in [6, 6.07) is 0. The Morgan fingerprint density at radius 1 is 1.11 bits per heavy atom. The van der Waals surface area contributed by atoms with Gasteiger partial charge < -0.3 is 9.84 Å². The van der Waals surface area contributed by atoms with Gasteiger partial charge in [-0.05, 0) is 85.7 Å². The highest BCUT2D eigenvalue weighted by Crippen LogP contribution is 2.73. The predicted molar refractivity (Wildman–Crippen MR) is 140 cm³/mol. The summed E-state index contributed by atoms with van der Waals surface area (Å²) in [7, 11) is 0. The Labute approximate surface area is 220 Å². The molecule has 0 aromatic carbocycles. The highest BCUT2D eigenvalue weighted by atomic mass is 16.5. The van der Waals surface area contributed by atoms with Crippen molar-refractivity contribution in [3.05, 3.63) is 34.9 Å². The third kappa shape index (κ3) is 4.15. The van der Waals surface area contributed by atoms with Crippen LogP contribution in [0.25, 0.3) is 0 Å². The number of carboxylic acid groups (broad SMARTS) is 1. The van der Waals surface area contributed by atoms with Crippen molar-refractivity contribution in [2.24, 2.45) is 39.9 Å². The van der Waals surface area contributed by atoms with Gasteiger partial charge >= 0.3 is 11.9 Å². The minimum Gasteiger partial charge on any atom is -0.478 e. The van der Waals surface area contributed by atoms with Gasteiger partial charge in [-0.15, -0.1) is 0 Å². The molecule has 0 aromatic rings. The van der Waals surface area contributed by atoms with Crippen LogP contribution >= 0.6 is 0 Å². The van der Waals surface area contributed by atoms with Gasteiger partial charge in [-0.1, -0.05) is 45.4 Å². The number of aliphatic carboxylic acids is 1. The van der Waals surface area contributed by atoms with Crippen LogP contribution in [0.5, 0.6) is 0 Å². The zero-order valence-electron chi connectivity index (χ0n) is 23.3. The molecule has 3 saturated carbocycles. The van der Waals surface area contributed by atoms with Gasteiger partial charge in [0.15, 0.2) is 5.78 Å². The number of carboxylic acids is 1. The maximum absolute atomic E-state index is 13.8. The molecule has 1 N–H and O–H groups in total. The van der Waals surface area contributed by atoms with Crippen LogP contribution in [0, 0.1) is 39.9 Å². The maximum atomic E-state index is 13.8. The number of hydrogen-bond donors (Lipinski definition) is 1. The molecule has 3 fully saturated rings. The minimum absolute atomic E-state index is 0.0165. The van der Waals surface area contributed by atoms with E-state index in [4.69, 9.17) is 4.74 Å². The standard InChI is InChI=1S/C31H42O6/c1-17(2)9-8-10-20(28(35)36)26-21-11-12-25-29(5)14-13-22(33)18(3)27(29)23(34)15-31(25,7)30(21,6)16-24(26)37-19(4)32/h9,13-14,18,21,24-25,27H,8,10-12,15-16H2,1-7H3,(H,35,36)/b26-20-/t18-,21+,24+,25-,27-,29+,30-,31+/m1/s1. The lowest BCUT2D eigenvalue weighted by molar-refractivity contribution is -0.176. The van der Waals surface area contributed by atoms with Crippen molar-refractivity contribution in [3.63, 3.8) is 0 Å². The van der Waals surface area contributed by atoms with E-state index in [9.17, 15) is 24.3 Å². The third-order valence-corrected chi connectivity index (χ3v) is 10.6. The summed E-state index contributed by atoms with van der Waals surface area (Å²) >= 11 is 0. The molecule has 0 aromatic heterocycles. The summed E-state index contributed by atoms with van der Waals surface area (Å²) in [6.07, 6.45) is 8.54. The summed E-state index contributed by atoms with van der Waals surface area (Å²) in [5.41, 5.74) is 0.940. The number of Topliss-reactive ketones (excluding diaryl/α,β-unsaturated/α-hetero) is 1. The molecule has 0 heterocycles. The molecule has 0 unspecified atom stereocenters. The first-order valence-corrected chi connectivity index (χ1v) is 13.7. The van der Waals surface area contributed by atoms with Crippen molar-refractivity contribution >= 4 is 23.5 Å². The molecule has 4 aliphatic carbocycles. The topological polar surface area (TPSA) is 97.7 Å². The summed E-state index contributed by atoms with van der Waals surface area (Å²) in [5.74, 6) is -1.83. The zero-order chi connectivity index (χ0) is 27.5. The number of ether oxygens (including phenoxy) is 1. The lowest BCUT2D eigenvalue weighted by atomic mass is 9.38. The van der Waals surface area contributed by atoms with Gasteiger partial charge in [0.2, 0.25) is 0 Å². The fraction of sp³-hybridized carbons (Fsp3) is 0.677. The van der Waals surface area contributed by atoms with Gasteiger partial charge in [0.05, 0.1) is 0 Å². The highest BCUT2D eigenvalue weighted by molar-refractivity contribution is 5.99. The molecule has 4 aliphatic rings. The van der Waals surface area contributed by atoms with Crippen LogP contribution in [0.4, 0.5) is 0 Å². The smallest absolute Gasteiger partial charge is 0.331 e. The van der Waals surface area contributed by atoms with E-state index in [1.165, 1.54) is 6.92 Å². The van der Waals surface area contributed by atoms with Crippen molar-refractivity contribution in [1.82, 2.24) is 0 Å². The average molecular weight is 511 g/mol. The number of hydrogen-bond acceptors (Lipinski definition) is 5. The molecule has 37 heavy (non-hydrogen) atoms. The summed E-state index contributed by atoms with van der Waals surface area (Å²) < 4.78 is 5.83. The van der Waals surface area contributed by atoms with Crippen molar-refractivity contribution in [1.29, 1.82) is 0 Å². The first kappa shape index (κ1) is 27.5. The van der Waals surface area contributed by atoms with Gasteiger partial charge in [0, 0.05) is 30.8 Å². The Morgan fingerprint density at radius 2 is 1.78 bits per heavy atom. The first-order valence-electron chi connectivity index (χ1n) is 13.7. The van der Waals surface area contributed by atoms with Crippen LogP contribution in [-0.4, -0.2) is 34.7 Å². The van der Waals surface area contributed by atoms with Crippen molar-refractivity contribution in [2.45, 2.75) is 93.1 Å². The van der Waals surface area contributed by atoms with Crippen LogP contribution in [0.15, 0.2) is 34.9 Å². The largest absolute Gasteiger partial charge is 0.478 e. The Morgan fingerprint density at radius 3 is 2.38 bits per heavy atom. The Bertz CT molecular complexity index is 1120. The monoisotopic (exact) mass is 510 g/mol. The van der Waals surface area contributed by atoms with Gasteiger partial charge in [0.25, 0.3) is 0 Å². The average Bonchev–Trinajstić information content (AvgIpc) is 3.05. The van der Waals surface area contributed by atoms with Crippen LogP contribution in [0.2, 0.25) is 0 Å². The van der Waals surface area contributed by atoms with E-state index < -0.39 is 34.3 Å². The van der Waals surface area contributed by atoms with Gasteiger partial charge in [0.1, 0.15) is 11.9 Å². The van der Waals surface area contributed by atoms with E-state index in [-0.39, 0.29) is 35.2 Å². The molecular weight excluding hydrogens is 468 g/mol. The van der Waals surface area contributed by atoms with E-state index in [1.807, 2.05) is 32.9 Å². The van der Waals surface area contributed by atoms with Crippen molar-refractivity contribution < 1.29 is 29.0 Å². The lowest BCUT2D eigenvalue weighted by Crippen LogP contribution is -2.63. The highest BCUT2D eigenvalue weighted by Gasteiger charge is 2.70. The molecule has 6 nitrogen and oxygen atoms in total. The molecule has 0 aliphatic heterocycles. The second kappa shape index (κ2) is 9.36. The fourth-order valence-corrected chi connectivity index (χ4v) is 8.92. The van der Waals surface area contributed by atoms with Gasteiger partial charge in [-0.3, -0.25) is 14.4 Å². The zero-order valence-corrected chi connectivity index (χ0v) is 23.3. The van der Waals surface area contributed by atoms with Crippen LogP contribution in [0.1, 0.15) is 87.0 Å². The number of esters is 1. The molecule has 0 radical (unpaired) electrons. The number of carbonyl (C=O) groups excluding carboxylic acids is 3. The quantitative estimate of drug-likeness (QED) is 0.283. The summed E-state index contributed by atoms with van der Waals surface area (Å²) in [6.45, 7) is 13.7. The third-order valence-electron chi connectivity index (χ3n) is 10.6. The van der Waals surface area contributed by atoms with Gasteiger partial charge in [-0.25, -0.2) is 4.79 Å². The number of ketones is 2. The van der Waals surface area contributed by atoms with Crippen molar-refractivity contribution in [2.75, 3.05) is 0 Å². The minimum atomic E-state index is -0.958. The van der Waals surface area contributed by atoms with Crippen molar-refractivity contribution in [3.8, 4) is 0 Å². The normalized spacial score (nSPS) is 41.9. The molecule has 8 atom stereocenters. The van der Waals surface area contributed by atoms with E-state index in [2.05, 4.69) is 20.8 Å². The molecule has 0 spiro atoms. The van der Waals surface area contributed by atoms with Gasteiger partial charge in [-0.2, -0.15) is 0 Å². The van der Waals surface area contributed by atoms with E-state index in [0.29, 0.717) is 31.3 Å². The first-order chi connectivity index (χ1) is 17.2. The molecule has 0 bridgehead atoms. The Hall–Kier alpha value is -2.50. The van der Waals surface area contributed by atoms with E-state index in [1.54, 1.807) is 6.08 Å². The Kier molecular flexibility index (Phi) is 6.96. The van der Waals surface area contributed by atoms with Crippen LogP contribution < -0.4 is 0 Å². The SMILES string of the molecule is CC(=O)O[C@H]1C[C@]2(C)[C@@H](CC[C@@H]3[C@]4(C)C=CC(=O)[C@@H](C)[C@@H]4C(=O)C[C@@]32C)/C1=C(\CCC=C(C)C)C(=O)O. The van der Waals surface area contributed by atoms with Crippen LogP contribution in [-0.2, 0) is 23.9 Å². The predicted octanol–water partition coefficient (Wildman–Crippen LogP) is 5.86. The van der Waals surface area contributed by atoms with E-state index >= 15 is 0 Å². The second-order valence-corrected chi connectivity index (χ2v) is 12.9. The van der Waals surface area contributed by atoms with Crippen LogP contribution in [0.3, 0.4) is 0 Å². The number of rotatable bonds is 5. The molecular formula is C31H42O6. The number of carbonyl (C=O) groups is 4. The molecule has 202 valence electrons. The molecule has 0 saturated heterocycles. The molecule has 4 rings (SSSR count). The van der Waals surface area contributed by atoms with E-state index in [0.717, 1.165) is 24.0 Å². The maximum Gasteiger partial charge on any atom is 0.331 e. The number of fused-ring (bicyclic) bond motifs is 5. The molecule has 0 amide bonds. The second-order valence-electron chi connectivity index (χ2n) is 12.9.